The van der Waals surface area contributed by atoms with E-state index in [-0.39, 0.29) is 12.3 Å². The molecule has 0 fully saturated rings. The SMILES string of the molecule is C=CCCCN(C)C(=O)CC(CC)(CC)C(=O)O. The summed E-state index contributed by atoms with van der Waals surface area (Å²) in [4.78, 5) is 24.9. The van der Waals surface area contributed by atoms with Gasteiger partial charge in [-0.05, 0) is 25.7 Å². The van der Waals surface area contributed by atoms with E-state index in [1.807, 2.05) is 19.9 Å². The summed E-state index contributed by atoms with van der Waals surface area (Å²) < 4.78 is 0. The van der Waals surface area contributed by atoms with E-state index in [9.17, 15) is 14.7 Å². The van der Waals surface area contributed by atoms with Crippen LogP contribution in [-0.2, 0) is 9.59 Å². The summed E-state index contributed by atoms with van der Waals surface area (Å²) in [6.45, 7) is 7.92. The van der Waals surface area contributed by atoms with Gasteiger partial charge >= 0.3 is 5.97 Å². The number of hydrogen-bond acceptors (Lipinski definition) is 2. The van der Waals surface area contributed by atoms with Crippen LogP contribution in [0.25, 0.3) is 0 Å². The number of carbonyl (C=O) groups excluding carboxylic acids is 1. The summed E-state index contributed by atoms with van der Waals surface area (Å²) in [5.74, 6) is -0.967. The van der Waals surface area contributed by atoms with Crippen LogP contribution >= 0.6 is 0 Å². The number of rotatable bonds is 9. The molecule has 0 spiro atoms. The van der Waals surface area contributed by atoms with Crippen molar-refractivity contribution in [3.05, 3.63) is 12.7 Å². The van der Waals surface area contributed by atoms with Gasteiger partial charge < -0.3 is 10.0 Å². The number of amides is 1. The number of unbranched alkanes of at least 4 members (excludes halogenated alkanes) is 1. The Morgan fingerprint density at radius 3 is 2.28 bits per heavy atom. The quantitative estimate of drug-likeness (QED) is 0.509. The molecule has 0 aromatic heterocycles. The van der Waals surface area contributed by atoms with Crippen molar-refractivity contribution in [1.82, 2.24) is 4.90 Å². The Bertz CT molecular complexity index is 295. The molecule has 0 atom stereocenters. The third-order valence-electron chi connectivity index (χ3n) is 3.62. The lowest BCUT2D eigenvalue weighted by Crippen LogP contribution is -2.38. The second kappa shape index (κ2) is 7.90. The summed E-state index contributed by atoms with van der Waals surface area (Å²) in [5, 5.41) is 9.28. The molecule has 0 aliphatic heterocycles. The van der Waals surface area contributed by atoms with Crippen LogP contribution in [0.4, 0.5) is 0 Å². The summed E-state index contributed by atoms with van der Waals surface area (Å²) in [6.07, 6.45) is 4.58. The van der Waals surface area contributed by atoms with Crippen LogP contribution in [0.1, 0.15) is 46.0 Å². The van der Waals surface area contributed by atoms with Crippen molar-refractivity contribution in [2.75, 3.05) is 13.6 Å². The van der Waals surface area contributed by atoms with Gasteiger partial charge in [-0.25, -0.2) is 0 Å². The van der Waals surface area contributed by atoms with E-state index in [4.69, 9.17) is 0 Å². The largest absolute Gasteiger partial charge is 0.481 e. The van der Waals surface area contributed by atoms with Gasteiger partial charge in [0.2, 0.25) is 5.91 Å². The summed E-state index contributed by atoms with van der Waals surface area (Å²) >= 11 is 0. The molecule has 4 nitrogen and oxygen atoms in total. The molecule has 0 saturated carbocycles. The summed E-state index contributed by atoms with van der Waals surface area (Å²) in [6, 6.07) is 0. The van der Waals surface area contributed by atoms with Crippen molar-refractivity contribution in [2.45, 2.75) is 46.0 Å². The van der Waals surface area contributed by atoms with E-state index < -0.39 is 11.4 Å². The molecule has 104 valence electrons. The molecule has 0 aliphatic carbocycles. The van der Waals surface area contributed by atoms with Gasteiger partial charge in [-0.15, -0.1) is 6.58 Å². The molecule has 1 amide bonds. The number of carboxylic acids is 1. The number of allylic oxidation sites excluding steroid dienone is 1. The molecule has 0 aliphatic rings. The fourth-order valence-electron chi connectivity index (χ4n) is 1.90. The third-order valence-corrected chi connectivity index (χ3v) is 3.62. The Kier molecular flexibility index (Phi) is 7.32. The van der Waals surface area contributed by atoms with Crippen molar-refractivity contribution in [3.63, 3.8) is 0 Å². The Morgan fingerprint density at radius 1 is 1.33 bits per heavy atom. The van der Waals surface area contributed by atoms with Crippen LogP contribution in [-0.4, -0.2) is 35.5 Å². The fourth-order valence-corrected chi connectivity index (χ4v) is 1.90. The zero-order chi connectivity index (χ0) is 14.2. The highest BCUT2D eigenvalue weighted by molar-refractivity contribution is 5.84. The van der Waals surface area contributed by atoms with Crippen molar-refractivity contribution < 1.29 is 14.7 Å². The van der Waals surface area contributed by atoms with Gasteiger partial charge in [-0.3, -0.25) is 9.59 Å². The van der Waals surface area contributed by atoms with Gasteiger partial charge in [0.1, 0.15) is 0 Å². The standard InChI is InChI=1S/C14H25NO3/c1-5-8-9-10-15(4)12(16)11-14(6-2,7-3)13(17)18/h5H,1,6-11H2,2-4H3,(H,17,18). The number of carboxylic acid groups (broad SMARTS) is 1. The van der Waals surface area contributed by atoms with Gasteiger partial charge in [0.05, 0.1) is 5.41 Å². The maximum Gasteiger partial charge on any atom is 0.310 e. The third kappa shape index (κ3) is 4.51. The Morgan fingerprint density at radius 2 is 1.89 bits per heavy atom. The van der Waals surface area contributed by atoms with Crippen molar-refractivity contribution >= 4 is 11.9 Å². The van der Waals surface area contributed by atoms with Crippen LogP contribution in [0.5, 0.6) is 0 Å². The van der Waals surface area contributed by atoms with Gasteiger partial charge in [-0.2, -0.15) is 0 Å². The van der Waals surface area contributed by atoms with E-state index in [2.05, 4.69) is 6.58 Å². The molecule has 0 aromatic rings. The average molecular weight is 255 g/mol. The Hall–Kier alpha value is -1.32. The molecule has 18 heavy (non-hydrogen) atoms. The average Bonchev–Trinajstić information content (AvgIpc) is 2.35. The first-order valence-corrected chi connectivity index (χ1v) is 6.51. The summed E-state index contributed by atoms with van der Waals surface area (Å²) in [5.41, 5.74) is -0.913. The number of carbonyl (C=O) groups is 2. The monoisotopic (exact) mass is 255 g/mol. The second-order valence-electron chi connectivity index (χ2n) is 4.72. The Balaban J connectivity index is 4.50. The molecule has 1 N–H and O–H groups in total. The zero-order valence-electron chi connectivity index (χ0n) is 11.7. The summed E-state index contributed by atoms with van der Waals surface area (Å²) in [7, 11) is 1.73. The highest BCUT2D eigenvalue weighted by Crippen LogP contribution is 2.31. The maximum atomic E-state index is 12.0. The molecule has 0 rings (SSSR count). The molecule has 0 unspecified atom stereocenters. The highest BCUT2D eigenvalue weighted by atomic mass is 16.4. The minimum absolute atomic E-state index is 0.0833. The normalized spacial score (nSPS) is 11.1. The van der Waals surface area contributed by atoms with Crippen LogP contribution in [0.15, 0.2) is 12.7 Å². The molecule has 0 bridgehead atoms. The lowest BCUT2D eigenvalue weighted by atomic mass is 9.79. The Labute approximate surface area is 110 Å². The van der Waals surface area contributed by atoms with Crippen LogP contribution in [0, 0.1) is 5.41 Å². The molecule has 0 radical (unpaired) electrons. The van der Waals surface area contributed by atoms with Gasteiger partial charge in [0.25, 0.3) is 0 Å². The fraction of sp³-hybridized carbons (Fsp3) is 0.714. The van der Waals surface area contributed by atoms with Gasteiger partial charge in [0.15, 0.2) is 0 Å². The molecular weight excluding hydrogens is 230 g/mol. The molecular formula is C14H25NO3. The predicted octanol–water partition coefficient (Wildman–Crippen LogP) is 2.69. The second-order valence-corrected chi connectivity index (χ2v) is 4.72. The molecule has 4 heteroatoms. The highest BCUT2D eigenvalue weighted by Gasteiger charge is 2.37. The smallest absolute Gasteiger partial charge is 0.310 e. The van der Waals surface area contributed by atoms with Crippen LogP contribution in [0.3, 0.4) is 0 Å². The first kappa shape index (κ1) is 16.7. The van der Waals surface area contributed by atoms with E-state index in [1.165, 1.54) is 0 Å². The molecule has 0 heterocycles. The van der Waals surface area contributed by atoms with Gasteiger partial charge in [-0.1, -0.05) is 19.9 Å². The van der Waals surface area contributed by atoms with Crippen molar-refractivity contribution in [2.24, 2.45) is 5.41 Å². The van der Waals surface area contributed by atoms with Crippen LogP contribution < -0.4 is 0 Å². The molecule has 0 saturated heterocycles. The van der Waals surface area contributed by atoms with Crippen molar-refractivity contribution in [1.29, 1.82) is 0 Å². The molecule has 0 aromatic carbocycles. The van der Waals surface area contributed by atoms with Gasteiger partial charge in [0, 0.05) is 20.0 Å². The lowest BCUT2D eigenvalue weighted by Gasteiger charge is -2.28. The first-order valence-electron chi connectivity index (χ1n) is 6.51. The predicted molar refractivity (Wildman–Crippen MR) is 72.3 cm³/mol. The number of nitrogens with zero attached hydrogens (tertiary/aromatic N) is 1. The lowest BCUT2D eigenvalue weighted by molar-refractivity contribution is -0.154. The minimum atomic E-state index is -0.913. The zero-order valence-corrected chi connectivity index (χ0v) is 11.7. The first-order chi connectivity index (χ1) is 8.43. The van der Waals surface area contributed by atoms with E-state index in [0.717, 1.165) is 12.8 Å². The number of aliphatic carboxylic acids is 1. The van der Waals surface area contributed by atoms with Crippen molar-refractivity contribution in [3.8, 4) is 0 Å². The maximum absolute atomic E-state index is 12.0. The minimum Gasteiger partial charge on any atom is -0.481 e. The van der Waals surface area contributed by atoms with E-state index >= 15 is 0 Å². The number of hydrogen-bond donors (Lipinski definition) is 1. The van der Waals surface area contributed by atoms with E-state index in [1.54, 1.807) is 11.9 Å². The van der Waals surface area contributed by atoms with E-state index in [0.29, 0.717) is 19.4 Å². The van der Waals surface area contributed by atoms with Crippen LogP contribution in [0.2, 0.25) is 0 Å². The topological polar surface area (TPSA) is 57.6 Å².